The van der Waals surface area contributed by atoms with Gasteiger partial charge in [-0.15, -0.1) is 0 Å². The van der Waals surface area contributed by atoms with Crippen molar-refractivity contribution in [2.24, 2.45) is 7.05 Å². The van der Waals surface area contributed by atoms with Gasteiger partial charge in [-0.05, 0) is 19.4 Å². The summed E-state index contributed by atoms with van der Waals surface area (Å²) in [7, 11) is 1.54. The molecule has 0 unspecified atom stereocenters. The molecular weight excluding hydrogens is 270 g/mol. The summed E-state index contributed by atoms with van der Waals surface area (Å²) >= 11 is 0. The van der Waals surface area contributed by atoms with Crippen molar-refractivity contribution in [3.05, 3.63) is 40.3 Å². The van der Waals surface area contributed by atoms with Gasteiger partial charge in [0, 0.05) is 32.2 Å². The van der Waals surface area contributed by atoms with Crippen LogP contribution < -0.4 is 10.9 Å². The predicted molar refractivity (Wildman–Crippen MR) is 80.4 cm³/mol. The minimum atomic E-state index is -0.279. The molecule has 0 aliphatic rings. The van der Waals surface area contributed by atoms with Gasteiger partial charge in [-0.3, -0.25) is 9.59 Å². The summed E-state index contributed by atoms with van der Waals surface area (Å²) in [4.78, 5) is 24.2. The molecule has 21 heavy (non-hydrogen) atoms. The Bertz CT molecular complexity index is 694. The number of aryl methyl sites for hydroxylation is 1. The molecule has 0 bridgehead atoms. The molecule has 1 aromatic heterocycles. The van der Waals surface area contributed by atoms with Crippen LogP contribution in [0, 0.1) is 0 Å². The van der Waals surface area contributed by atoms with E-state index in [9.17, 15) is 9.59 Å². The number of fused-ring (bicyclic) bond motifs is 1. The third-order valence-electron chi connectivity index (χ3n) is 3.13. The van der Waals surface area contributed by atoms with E-state index in [1.807, 2.05) is 6.92 Å². The molecule has 2 aromatic rings. The molecule has 1 amide bonds. The largest absolute Gasteiger partial charge is 0.382 e. The molecule has 0 saturated carbocycles. The predicted octanol–water partition coefficient (Wildman–Crippen LogP) is 1.09. The Morgan fingerprint density at radius 3 is 2.76 bits per heavy atom. The molecule has 6 heteroatoms. The van der Waals surface area contributed by atoms with E-state index in [4.69, 9.17) is 4.74 Å². The van der Waals surface area contributed by atoms with E-state index >= 15 is 0 Å². The van der Waals surface area contributed by atoms with Gasteiger partial charge < -0.3 is 10.1 Å². The summed E-state index contributed by atoms with van der Waals surface area (Å²) in [6.07, 6.45) is 0.739. The van der Waals surface area contributed by atoms with Crippen molar-refractivity contribution < 1.29 is 9.53 Å². The number of benzene rings is 1. The van der Waals surface area contributed by atoms with E-state index in [-0.39, 0.29) is 17.2 Å². The Morgan fingerprint density at radius 2 is 2.05 bits per heavy atom. The van der Waals surface area contributed by atoms with Crippen LogP contribution >= 0.6 is 0 Å². The number of hydrogen-bond acceptors (Lipinski definition) is 4. The number of hydrogen-bond donors (Lipinski definition) is 1. The van der Waals surface area contributed by atoms with Crippen LogP contribution in [0.1, 0.15) is 23.8 Å². The van der Waals surface area contributed by atoms with Gasteiger partial charge in [0.1, 0.15) is 0 Å². The van der Waals surface area contributed by atoms with Crippen LogP contribution in [0.25, 0.3) is 10.8 Å². The van der Waals surface area contributed by atoms with E-state index in [0.29, 0.717) is 30.5 Å². The maximum absolute atomic E-state index is 12.2. The van der Waals surface area contributed by atoms with Crippen molar-refractivity contribution in [1.29, 1.82) is 0 Å². The number of carbonyl (C=O) groups excluding carboxylic acids is 1. The van der Waals surface area contributed by atoms with Gasteiger partial charge in [0.25, 0.3) is 11.5 Å². The highest BCUT2D eigenvalue weighted by Crippen LogP contribution is 2.12. The topological polar surface area (TPSA) is 73.2 Å². The third kappa shape index (κ3) is 3.46. The fourth-order valence-electron chi connectivity index (χ4n) is 2.07. The Hall–Kier alpha value is -2.21. The summed E-state index contributed by atoms with van der Waals surface area (Å²) in [6, 6.07) is 6.99. The van der Waals surface area contributed by atoms with Crippen molar-refractivity contribution in [1.82, 2.24) is 15.1 Å². The van der Waals surface area contributed by atoms with Crippen molar-refractivity contribution in [2.45, 2.75) is 13.3 Å². The standard InChI is InChI=1S/C15H19N3O3/c1-3-21-10-6-9-16-14(19)13-11-7-4-5-8-12(11)15(20)18(2)17-13/h4-5,7-8H,3,6,9-10H2,1-2H3,(H,16,19). The average Bonchev–Trinajstić information content (AvgIpc) is 2.50. The minimum absolute atomic E-state index is 0.210. The lowest BCUT2D eigenvalue weighted by atomic mass is 10.1. The highest BCUT2D eigenvalue weighted by molar-refractivity contribution is 6.04. The van der Waals surface area contributed by atoms with E-state index < -0.39 is 0 Å². The second-order valence-corrected chi connectivity index (χ2v) is 4.63. The zero-order chi connectivity index (χ0) is 15.2. The molecule has 112 valence electrons. The Morgan fingerprint density at radius 1 is 1.33 bits per heavy atom. The van der Waals surface area contributed by atoms with E-state index in [1.165, 1.54) is 4.68 Å². The molecule has 0 aliphatic heterocycles. The maximum atomic E-state index is 12.2. The van der Waals surface area contributed by atoms with Crippen LogP contribution in [-0.4, -0.2) is 35.4 Å². The summed E-state index contributed by atoms with van der Waals surface area (Å²) in [5, 5.41) is 7.94. The quantitative estimate of drug-likeness (QED) is 0.808. The van der Waals surface area contributed by atoms with Gasteiger partial charge in [-0.2, -0.15) is 5.10 Å². The van der Waals surface area contributed by atoms with E-state index in [0.717, 1.165) is 6.42 Å². The molecule has 0 aliphatic carbocycles. The first-order valence-electron chi connectivity index (χ1n) is 6.97. The lowest BCUT2D eigenvalue weighted by Gasteiger charge is -2.08. The normalized spacial score (nSPS) is 10.8. The number of aromatic nitrogens is 2. The second kappa shape index (κ2) is 6.99. The zero-order valence-corrected chi connectivity index (χ0v) is 12.3. The Labute approximate surface area is 122 Å². The van der Waals surface area contributed by atoms with E-state index in [2.05, 4.69) is 10.4 Å². The van der Waals surface area contributed by atoms with Gasteiger partial charge in [0.05, 0.1) is 5.39 Å². The molecule has 0 fully saturated rings. The van der Waals surface area contributed by atoms with E-state index in [1.54, 1.807) is 31.3 Å². The van der Waals surface area contributed by atoms with Crippen molar-refractivity contribution in [3.63, 3.8) is 0 Å². The molecule has 1 N–H and O–H groups in total. The highest BCUT2D eigenvalue weighted by atomic mass is 16.5. The highest BCUT2D eigenvalue weighted by Gasteiger charge is 2.14. The number of rotatable bonds is 6. The summed E-state index contributed by atoms with van der Waals surface area (Å²) < 4.78 is 6.41. The molecule has 0 atom stereocenters. The fraction of sp³-hybridized carbons (Fsp3) is 0.400. The third-order valence-corrected chi connectivity index (χ3v) is 3.13. The molecule has 0 saturated heterocycles. The Kier molecular flexibility index (Phi) is 5.05. The number of nitrogens with one attached hydrogen (secondary N) is 1. The fourth-order valence-corrected chi connectivity index (χ4v) is 2.07. The van der Waals surface area contributed by atoms with Gasteiger partial charge in [-0.25, -0.2) is 4.68 Å². The van der Waals surface area contributed by atoms with Crippen LogP contribution in [0.5, 0.6) is 0 Å². The minimum Gasteiger partial charge on any atom is -0.382 e. The van der Waals surface area contributed by atoms with Crippen LogP contribution in [-0.2, 0) is 11.8 Å². The van der Waals surface area contributed by atoms with Crippen LogP contribution in [0.15, 0.2) is 29.1 Å². The van der Waals surface area contributed by atoms with Crippen molar-refractivity contribution in [3.8, 4) is 0 Å². The lowest BCUT2D eigenvalue weighted by molar-refractivity contribution is 0.0939. The first kappa shape index (κ1) is 15.2. The van der Waals surface area contributed by atoms with Gasteiger partial charge in [0.2, 0.25) is 0 Å². The monoisotopic (exact) mass is 289 g/mol. The number of carbonyl (C=O) groups is 1. The van der Waals surface area contributed by atoms with Crippen molar-refractivity contribution >= 4 is 16.7 Å². The number of nitrogens with zero attached hydrogens (tertiary/aromatic N) is 2. The summed E-state index contributed by atoms with van der Waals surface area (Å²) in [5.74, 6) is -0.279. The molecule has 0 spiro atoms. The zero-order valence-electron chi connectivity index (χ0n) is 12.3. The Balaban J connectivity index is 2.20. The average molecular weight is 289 g/mol. The van der Waals surface area contributed by atoms with Crippen LogP contribution in [0.2, 0.25) is 0 Å². The van der Waals surface area contributed by atoms with Gasteiger partial charge >= 0.3 is 0 Å². The first-order valence-corrected chi connectivity index (χ1v) is 6.97. The first-order chi connectivity index (χ1) is 10.1. The molecule has 2 rings (SSSR count). The molecule has 1 aromatic carbocycles. The molecule has 0 radical (unpaired) electrons. The van der Waals surface area contributed by atoms with Gasteiger partial charge in [0.15, 0.2) is 5.69 Å². The maximum Gasteiger partial charge on any atom is 0.274 e. The molecular formula is C15H19N3O3. The SMILES string of the molecule is CCOCCCNC(=O)c1nn(C)c(=O)c2ccccc12. The molecule has 1 heterocycles. The van der Waals surface area contributed by atoms with Crippen molar-refractivity contribution in [2.75, 3.05) is 19.8 Å². The molecule has 6 nitrogen and oxygen atoms in total. The van der Waals surface area contributed by atoms with Crippen LogP contribution in [0.4, 0.5) is 0 Å². The second-order valence-electron chi connectivity index (χ2n) is 4.63. The number of ether oxygens (including phenoxy) is 1. The number of amides is 1. The van der Waals surface area contributed by atoms with Crippen LogP contribution in [0.3, 0.4) is 0 Å². The smallest absolute Gasteiger partial charge is 0.274 e. The summed E-state index contributed by atoms with van der Waals surface area (Å²) in [6.45, 7) is 3.72. The lowest BCUT2D eigenvalue weighted by Crippen LogP contribution is -2.30. The summed E-state index contributed by atoms with van der Waals surface area (Å²) in [5.41, 5.74) is 0.0580. The van der Waals surface area contributed by atoms with Gasteiger partial charge in [-0.1, -0.05) is 18.2 Å².